The number of hydrogen-bond acceptors (Lipinski definition) is 1. The summed E-state index contributed by atoms with van der Waals surface area (Å²) in [7, 11) is 0. The topological polar surface area (TPSA) is 12.0 Å². The number of halogens is 2. The molecule has 1 aromatic carbocycles. The molecule has 0 aromatic heterocycles. The second-order valence-electron chi connectivity index (χ2n) is 5.52. The third-order valence-electron chi connectivity index (χ3n) is 3.20. The van der Waals surface area contributed by atoms with Crippen molar-refractivity contribution in [2.75, 3.05) is 6.54 Å². The van der Waals surface area contributed by atoms with Gasteiger partial charge in [0.05, 0.1) is 4.47 Å². The van der Waals surface area contributed by atoms with Crippen molar-refractivity contribution in [1.29, 1.82) is 0 Å². The third kappa shape index (κ3) is 7.68. The Labute approximate surface area is 125 Å². The van der Waals surface area contributed by atoms with Gasteiger partial charge in [-0.15, -0.1) is 0 Å². The van der Waals surface area contributed by atoms with Crippen molar-refractivity contribution in [3.63, 3.8) is 0 Å². The van der Waals surface area contributed by atoms with Gasteiger partial charge in [-0.2, -0.15) is 0 Å². The van der Waals surface area contributed by atoms with E-state index in [2.05, 4.69) is 35.1 Å². The molecule has 19 heavy (non-hydrogen) atoms. The van der Waals surface area contributed by atoms with Crippen molar-refractivity contribution in [3.8, 4) is 0 Å². The number of nitrogens with one attached hydrogen (secondary N) is 1. The number of unbranched alkanes of at least 4 members (excludes halogenated alkanes) is 3. The zero-order valence-electron chi connectivity index (χ0n) is 12.0. The largest absolute Gasteiger partial charge is 0.313 e. The van der Waals surface area contributed by atoms with Crippen LogP contribution in [0.15, 0.2) is 22.7 Å². The summed E-state index contributed by atoms with van der Waals surface area (Å²) in [6.07, 6.45) is 6.55. The second-order valence-corrected chi connectivity index (χ2v) is 6.38. The van der Waals surface area contributed by atoms with Gasteiger partial charge in [-0.3, -0.25) is 0 Å². The first-order valence-corrected chi connectivity index (χ1v) is 8.03. The Balaban J connectivity index is 2.03. The minimum absolute atomic E-state index is 0.200. The van der Waals surface area contributed by atoms with E-state index in [1.54, 1.807) is 0 Å². The van der Waals surface area contributed by atoms with Gasteiger partial charge in [0.25, 0.3) is 0 Å². The molecule has 0 aliphatic heterocycles. The predicted molar refractivity (Wildman–Crippen MR) is 83.7 cm³/mol. The maximum atomic E-state index is 13.0. The molecule has 0 atom stereocenters. The van der Waals surface area contributed by atoms with Gasteiger partial charge in [-0.05, 0) is 52.5 Å². The molecule has 0 heterocycles. The Hall–Kier alpha value is -0.410. The second kappa shape index (κ2) is 9.49. The van der Waals surface area contributed by atoms with Crippen molar-refractivity contribution in [1.82, 2.24) is 5.32 Å². The lowest BCUT2D eigenvalue weighted by Crippen LogP contribution is -2.14. The molecule has 1 aromatic rings. The van der Waals surface area contributed by atoms with E-state index in [9.17, 15) is 4.39 Å². The average Bonchev–Trinajstić information content (AvgIpc) is 2.36. The molecule has 1 N–H and O–H groups in total. The Bertz CT molecular complexity index is 366. The van der Waals surface area contributed by atoms with Crippen molar-refractivity contribution >= 4 is 15.9 Å². The van der Waals surface area contributed by atoms with Crippen LogP contribution in [-0.2, 0) is 6.54 Å². The molecule has 108 valence electrons. The monoisotopic (exact) mass is 329 g/mol. The molecule has 0 unspecified atom stereocenters. The normalized spacial score (nSPS) is 11.2. The van der Waals surface area contributed by atoms with Gasteiger partial charge < -0.3 is 5.32 Å². The lowest BCUT2D eigenvalue weighted by atomic mass is 10.0. The molecule has 0 fully saturated rings. The van der Waals surface area contributed by atoms with Crippen LogP contribution < -0.4 is 5.32 Å². The molecule has 0 saturated heterocycles. The summed E-state index contributed by atoms with van der Waals surface area (Å²) in [5.74, 6) is 0.629. The van der Waals surface area contributed by atoms with Gasteiger partial charge in [0.15, 0.2) is 0 Å². The van der Waals surface area contributed by atoms with Crippen LogP contribution in [0, 0.1) is 11.7 Å². The van der Waals surface area contributed by atoms with Crippen LogP contribution in [0.5, 0.6) is 0 Å². The summed E-state index contributed by atoms with van der Waals surface area (Å²) in [6.45, 7) is 6.41. The van der Waals surface area contributed by atoms with E-state index in [1.807, 2.05) is 12.1 Å². The molecule has 0 amide bonds. The van der Waals surface area contributed by atoms with E-state index < -0.39 is 0 Å². The molecule has 1 rings (SSSR count). The van der Waals surface area contributed by atoms with E-state index in [0.29, 0.717) is 4.47 Å². The van der Waals surface area contributed by atoms with Gasteiger partial charge in [0.2, 0.25) is 0 Å². The molecule has 1 nitrogen and oxygen atoms in total. The smallest absolute Gasteiger partial charge is 0.137 e. The molecule has 3 heteroatoms. The lowest BCUT2D eigenvalue weighted by Gasteiger charge is -2.07. The van der Waals surface area contributed by atoms with Crippen molar-refractivity contribution < 1.29 is 4.39 Å². The number of benzene rings is 1. The van der Waals surface area contributed by atoms with E-state index in [1.165, 1.54) is 38.2 Å². The van der Waals surface area contributed by atoms with Crippen LogP contribution in [0.2, 0.25) is 0 Å². The van der Waals surface area contributed by atoms with Gasteiger partial charge in [-0.25, -0.2) is 4.39 Å². The molecular formula is C16H25BrFN. The highest BCUT2D eigenvalue weighted by Crippen LogP contribution is 2.16. The number of hydrogen-bond donors (Lipinski definition) is 1. The van der Waals surface area contributed by atoms with Gasteiger partial charge in [0.1, 0.15) is 5.82 Å². The van der Waals surface area contributed by atoms with E-state index in [0.717, 1.165) is 24.6 Å². The Morgan fingerprint density at radius 1 is 1.16 bits per heavy atom. The van der Waals surface area contributed by atoms with Gasteiger partial charge in [-0.1, -0.05) is 45.6 Å². The molecule has 0 saturated carbocycles. The highest BCUT2D eigenvalue weighted by molar-refractivity contribution is 9.10. The van der Waals surface area contributed by atoms with Crippen LogP contribution in [0.1, 0.15) is 51.5 Å². The average molecular weight is 330 g/mol. The maximum Gasteiger partial charge on any atom is 0.137 e. The Kier molecular flexibility index (Phi) is 8.31. The van der Waals surface area contributed by atoms with E-state index in [4.69, 9.17) is 0 Å². The van der Waals surface area contributed by atoms with Crippen molar-refractivity contribution in [2.45, 2.75) is 52.5 Å². The van der Waals surface area contributed by atoms with Crippen molar-refractivity contribution in [2.24, 2.45) is 5.92 Å². The van der Waals surface area contributed by atoms with Crippen LogP contribution in [0.3, 0.4) is 0 Å². The molecular weight excluding hydrogens is 305 g/mol. The summed E-state index contributed by atoms with van der Waals surface area (Å²) >= 11 is 3.21. The van der Waals surface area contributed by atoms with Crippen molar-refractivity contribution in [3.05, 3.63) is 34.1 Å². The summed E-state index contributed by atoms with van der Waals surface area (Å²) in [5.41, 5.74) is 1.12. The Morgan fingerprint density at radius 3 is 2.58 bits per heavy atom. The van der Waals surface area contributed by atoms with Crippen LogP contribution in [0.25, 0.3) is 0 Å². The highest BCUT2D eigenvalue weighted by Gasteiger charge is 2.00. The molecule has 0 aliphatic rings. The van der Waals surface area contributed by atoms with Crippen LogP contribution in [-0.4, -0.2) is 6.54 Å². The van der Waals surface area contributed by atoms with Crippen LogP contribution >= 0.6 is 15.9 Å². The molecule has 0 bridgehead atoms. The summed E-state index contributed by atoms with van der Waals surface area (Å²) in [5, 5.41) is 3.40. The standard InChI is InChI=1S/C16H25BrFN/c1-13(2)7-5-3-4-6-10-19-12-14-8-9-16(18)15(17)11-14/h8-9,11,13,19H,3-7,10,12H2,1-2H3. The van der Waals surface area contributed by atoms with Crippen LogP contribution in [0.4, 0.5) is 4.39 Å². The molecule has 0 aliphatic carbocycles. The molecule has 0 spiro atoms. The minimum Gasteiger partial charge on any atom is -0.313 e. The van der Waals surface area contributed by atoms with E-state index in [-0.39, 0.29) is 5.82 Å². The third-order valence-corrected chi connectivity index (χ3v) is 3.81. The minimum atomic E-state index is -0.200. The Morgan fingerprint density at radius 2 is 1.89 bits per heavy atom. The number of rotatable bonds is 9. The fourth-order valence-corrected chi connectivity index (χ4v) is 2.46. The predicted octanol–water partition coefficient (Wildman–Crippen LogP) is 5.28. The summed E-state index contributed by atoms with van der Waals surface area (Å²) in [4.78, 5) is 0. The molecule has 0 radical (unpaired) electrons. The quantitative estimate of drug-likeness (QED) is 0.607. The first-order valence-electron chi connectivity index (χ1n) is 7.24. The SMILES string of the molecule is CC(C)CCCCCCNCc1ccc(F)c(Br)c1. The first-order chi connectivity index (χ1) is 9.09. The van der Waals surface area contributed by atoms with Gasteiger partial charge >= 0.3 is 0 Å². The summed E-state index contributed by atoms with van der Waals surface area (Å²) < 4.78 is 13.6. The van der Waals surface area contributed by atoms with E-state index >= 15 is 0 Å². The lowest BCUT2D eigenvalue weighted by molar-refractivity contribution is 0.512. The maximum absolute atomic E-state index is 13.0. The highest BCUT2D eigenvalue weighted by atomic mass is 79.9. The first kappa shape index (κ1) is 16.6. The van der Waals surface area contributed by atoms with Gasteiger partial charge in [0, 0.05) is 6.54 Å². The zero-order chi connectivity index (χ0) is 14.1. The summed E-state index contributed by atoms with van der Waals surface area (Å²) in [6, 6.07) is 5.17. The fraction of sp³-hybridized carbons (Fsp3) is 0.625. The zero-order valence-corrected chi connectivity index (χ0v) is 13.6. The fourth-order valence-electron chi connectivity index (χ4n) is 2.04.